The van der Waals surface area contributed by atoms with E-state index < -0.39 is 35.0 Å². The van der Waals surface area contributed by atoms with Crippen LogP contribution < -0.4 is 11.1 Å². The van der Waals surface area contributed by atoms with Gasteiger partial charge in [-0.1, -0.05) is 20.8 Å². The second kappa shape index (κ2) is 5.65. The molecule has 0 bridgehead atoms. The van der Waals surface area contributed by atoms with Crippen molar-refractivity contribution in [1.82, 2.24) is 5.32 Å². The van der Waals surface area contributed by atoms with Gasteiger partial charge in [0.05, 0.1) is 11.8 Å². The second-order valence-electron chi connectivity index (χ2n) is 5.07. The predicted octanol–water partition coefficient (Wildman–Crippen LogP) is -0.0291. The molecule has 0 spiro atoms. The first-order valence-electron chi connectivity index (χ1n) is 5.34. The summed E-state index contributed by atoms with van der Waals surface area (Å²) in [5.41, 5.74) is 4.45. The first-order chi connectivity index (χ1) is 7.61. The van der Waals surface area contributed by atoms with E-state index in [2.05, 4.69) is 5.32 Å². The van der Waals surface area contributed by atoms with Crippen LogP contribution in [0.3, 0.4) is 0 Å². The lowest BCUT2D eigenvalue weighted by molar-refractivity contribution is -0.152. The molecule has 0 saturated heterocycles. The third kappa shape index (κ3) is 4.42. The Hall–Kier alpha value is -1.59. The maximum atomic E-state index is 11.8. The summed E-state index contributed by atoms with van der Waals surface area (Å²) >= 11 is 0. The number of aliphatic carboxylic acids is 1. The molecule has 6 heteroatoms. The topological polar surface area (TPSA) is 109 Å². The fourth-order valence-electron chi connectivity index (χ4n) is 1.90. The number of carboxylic acids is 1. The molecule has 0 aliphatic rings. The third-order valence-electron chi connectivity index (χ3n) is 2.60. The number of carbonyl (C=O) groups is 3. The van der Waals surface area contributed by atoms with E-state index in [1.165, 1.54) is 7.05 Å². The third-order valence-corrected chi connectivity index (χ3v) is 2.60. The monoisotopic (exact) mass is 244 g/mol. The predicted molar refractivity (Wildman–Crippen MR) is 61.9 cm³/mol. The van der Waals surface area contributed by atoms with Gasteiger partial charge >= 0.3 is 5.97 Å². The van der Waals surface area contributed by atoms with Crippen molar-refractivity contribution >= 4 is 17.8 Å². The fraction of sp³-hybridized carbons (Fsp3) is 0.727. The van der Waals surface area contributed by atoms with Crippen molar-refractivity contribution < 1.29 is 19.5 Å². The number of rotatable bonds is 5. The SMILES string of the molecule is CNC(=O)[C@@H](C(CC(N)=O)C(=O)O)C(C)(C)C. The Bertz CT molecular complexity index is 320. The summed E-state index contributed by atoms with van der Waals surface area (Å²) in [5.74, 6) is -4.22. The van der Waals surface area contributed by atoms with E-state index >= 15 is 0 Å². The van der Waals surface area contributed by atoms with E-state index in [1.807, 2.05) is 0 Å². The molecule has 4 N–H and O–H groups in total. The van der Waals surface area contributed by atoms with Gasteiger partial charge in [-0.2, -0.15) is 0 Å². The van der Waals surface area contributed by atoms with Crippen LogP contribution in [0.4, 0.5) is 0 Å². The van der Waals surface area contributed by atoms with Crippen molar-refractivity contribution in [2.45, 2.75) is 27.2 Å². The number of nitrogens with one attached hydrogen (secondary N) is 1. The van der Waals surface area contributed by atoms with Gasteiger partial charge in [-0.05, 0) is 5.41 Å². The molecule has 2 amide bonds. The highest BCUT2D eigenvalue weighted by atomic mass is 16.4. The zero-order valence-corrected chi connectivity index (χ0v) is 10.6. The Morgan fingerprint density at radius 3 is 2.00 bits per heavy atom. The van der Waals surface area contributed by atoms with Crippen molar-refractivity contribution in [3.63, 3.8) is 0 Å². The van der Waals surface area contributed by atoms with Gasteiger partial charge in [-0.25, -0.2) is 0 Å². The molecule has 2 atom stereocenters. The molecule has 0 aliphatic carbocycles. The van der Waals surface area contributed by atoms with E-state index in [1.54, 1.807) is 20.8 Å². The van der Waals surface area contributed by atoms with Gasteiger partial charge in [0.25, 0.3) is 0 Å². The molecule has 98 valence electrons. The molecule has 0 fully saturated rings. The molecule has 17 heavy (non-hydrogen) atoms. The summed E-state index contributed by atoms with van der Waals surface area (Å²) in [6.45, 7) is 5.26. The van der Waals surface area contributed by atoms with Crippen LogP contribution in [0.2, 0.25) is 0 Å². The molecule has 0 heterocycles. The molecular formula is C11H20N2O4. The lowest BCUT2D eigenvalue weighted by Crippen LogP contribution is -2.45. The molecule has 0 aromatic heterocycles. The average Bonchev–Trinajstić information content (AvgIpc) is 2.13. The van der Waals surface area contributed by atoms with Gasteiger partial charge in [0.2, 0.25) is 11.8 Å². The largest absolute Gasteiger partial charge is 0.481 e. The highest BCUT2D eigenvalue weighted by Crippen LogP contribution is 2.34. The van der Waals surface area contributed by atoms with E-state index in [0.29, 0.717) is 0 Å². The van der Waals surface area contributed by atoms with Crippen molar-refractivity contribution in [2.24, 2.45) is 23.0 Å². The molecule has 0 aliphatic heterocycles. The van der Waals surface area contributed by atoms with Gasteiger partial charge < -0.3 is 16.2 Å². The van der Waals surface area contributed by atoms with Crippen LogP contribution in [0.1, 0.15) is 27.2 Å². The van der Waals surface area contributed by atoms with Gasteiger partial charge in [0.1, 0.15) is 0 Å². The minimum Gasteiger partial charge on any atom is -0.481 e. The summed E-state index contributed by atoms with van der Waals surface area (Å²) < 4.78 is 0. The van der Waals surface area contributed by atoms with Crippen molar-refractivity contribution in [1.29, 1.82) is 0 Å². The van der Waals surface area contributed by atoms with Crippen LogP contribution in [0.15, 0.2) is 0 Å². The Labute approximate surface area is 101 Å². The van der Waals surface area contributed by atoms with Crippen LogP contribution >= 0.6 is 0 Å². The van der Waals surface area contributed by atoms with Gasteiger partial charge in [-0.3, -0.25) is 14.4 Å². The van der Waals surface area contributed by atoms with E-state index in [0.717, 1.165) is 0 Å². The van der Waals surface area contributed by atoms with Gasteiger partial charge in [-0.15, -0.1) is 0 Å². The smallest absolute Gasteiger partial charge is 0.307 e. The van der Waals surface area contributed by atoms with Crippen LogP contribution in [-0.2, 0) is 14.4 Å². The Kier molecular flexibility index (Phi) is 5.12. The highest BCUT2D eigenvalue weighted by molar-refractivity contribution is 5.88. The molecule has 1 unspecified atom stereocenters. The summed E-state index contributed by atoms with van der Waals surface area (Å²) in [6.07, 6.45) is -0.343. The number of primary amides is 1. The lowest BCUT2D eigenvalue weighted by Gasteiger charge is -2.33. The molecule has 0 radical (unpaired) electrons. The average molecular weight is 244 g/mol. The maximum Gasteiger partial charge on any atom is 0.307 e. The molecular weight excluding hydrogens is 224 g/mol. The fourth-order valence-corrected chi connectivity index (χ4v) is 1.90. The Balaban J connectivity index is 5.30. The van der Waals surface area contributed by atoms with Crippen LogP contribution in [0.5, 0.6) is 0 Å². The van der Waals surface area contributed by atoms with Gasteiger partial charge in [0, 0.05) is 13.5 Å². The number of carboxylic acid groups (broad SMARTS) is 1. The summed E-state index contributed by atoms with van der Waals surface area (Å²) in [5, 5.41) is 11.5. The zero-order valence-electron chi connectivity index (χ0n) is 10.6. The maximum absolute atomic E-state index is 11.8. The number of hydrogen-bond acceptors (Lipinski definition) is 3. The van der Waals surface area contributed by atoms with Crippen molar-refractivity contribution in [3.05, 3.63) is 0 Å². The highest BCUT2D eigenvalue weighted by Gasteiger charge is 2.41. The number of carbonyl (C=O) groups excluding carboxylic acids is 2. The van der Waals surface area contributed by atoms with Gasteiger partial charge in [0.15, 0.2) is 0 Å². The van der Waals surface area contributed by atoms with Crippen molar-refractivity contribution in [2.75, 3.05) is 7.05 Å². The van der Waals surface area contributed by atoms with E-state index in [-0.39, 0.29) is 6.42 Å². The second-order valence-corrected chi connectivity index (χ2v) is 5.07. The van der Waals surface area contributed by atoms with Crippen LogP contribution in [0, 0.1) is 17.3 Å². The quantitative estimate of drug-likeness (QED) is 0.630. The molecule has 0 saturated carbocycles. The lowest BCUT2D eigenvalue weighted by atomic mass is 9.71. The van der Waals surface area contributed by atoms with E-state index in [9.17, 15) is 14.4 Å². The minimum atomic E-state index is -1.19. The normalized spacial score (nSPS) is 14.8. The summed E-state index contributed by atoms with van der Waals surface area (Å²) in [7, 11) is 1.43. The molecule has 0 rings (SSSR count). The minimum absolute atomic E-state index is 0.343. The Morgan fingerprint density at radius 1 is 1.29 bits per heavy atom. The molecule has 0 aromatic rings. The van der Waals surface area contributed by atoms with Crippen LogP contribution in [0.25, 0.3) is 0 Å². The number of nitrogens with two attached hydrogens (primary N) is 1. The first kappa shape index (κ1) is 15.4. The van der Waals surface area contributed by atoms with Crippen molar-refractivity contribution in [3.8, 4) is 0 Å². The summed E-state index contributed by atoms with van der Waals surface area (Å²) in [4.78, 5) is 33.8. The van der Waals surface area contributed by atoms with E-state index in [4.69, 9.17) is 10.8 Å². The Morgan fingerprint density at radius 2 is 1.76 bits per heavy atom. The number of hydrogen-bond donors (Lipinski definition) is 3. The summed E-state index contributed by atoms with van der Waals surface area (Å²) in [6, 6.07) is 0. The first-order valence-corrected chi connectivity index (χ1v) is 5.34. The molecule has 0 aromatic carbocycles. The van der Waals surface area contributed by atoms with Crippen LogP contribution in [-0.4, -0.2) is 29.9 Å². The molecule has 6 nitrogen and oxygen atoms in total. The number of amides is 2. The standard InChI is InChI=1S/C11H20N2O4/c1-11(2,3)8(9(15)13-4)6(10(16)17)5-7(12)14/h6,8H,5H2,1-4H3,(H2,12,14)(H,13,15)(H,16,17)/t6?,8-/m1/s1. The zero-order chi connectivity index (χ0) is 13.8.